The van der Waals surface area contributed by atoms with Gasteiger partial charge in [0.25, 0.3) is 0 Å². The second kappa shape index (κ2) is 7.56. The highest BCUT2D eigenvalue weighted by Gasteiger charge is 2.11. The summed E-state index contributed by atoms with van der Waals surface area (Å²) >= 11 is 3.48. The zero-order chi connectivity index (χ0) is 15.2. The van der Waals surface area contributed by atoms with Gasteiger partial charge in [0.1, 0.15) is 5.75 Å². The van der Waals surface area contributed by atoms with E-state index in [-0.39, 0.29) is 5.92 Å². The maximum absolute atomic E-state index is 5.82. The van der Waals surface area contributed by atoms with Gasteiger partial charge >= 0.3 is 0 Å². The number of benzene rings is 1. The number of hydrogen-bond donors (Lipinski definition) is 1. The standard InChI is InChI=1S/C15H20BrN3O2/c1-4-17-8-11-7-12(16)5-6-13(11)20-9-14-18-15(10(2)3)21-19-14/h5-7,10,17H,4,8-9H2,1-3H3. The van der Waals surface area contributed by atoms with Crippen LogP contribution in [-0.2, 0) is 13.2 Å². The molecule has 2 rings (SSSR count). The molecule has 1 aromatic heterocycles. The van der Waals surface area contributed by atoms with E-state index in [0.29, 0.717) is 18.3 Å². The second-order valence-electron chi connectivity index (χ2n) is 5.02. The van der Waals surface area contributed by atoms with Crippen molar-refractivity contribution in [2.24, 2.45) is 0 Å². The molecule has 5 nitrogen and oxygen atoms in total. The van der Waals surface area contributed by atoms with Crippen molar-refractivity contribution in [2.75, 3.05) is 6.54 Å². The van der Waals surface area contributed by atoms with Gasteiger partial charge in [-0.25, -0.2) is 0 Å². The van der Waals surface area contributed by atoms with Gasteiger partial charge in [-0.1, -0.05) is 41.9 Å². The number of nitrogens with one attached hydrogen (secondary N) is 1. The molecule has 114 valence electrons. The van der Waals surface area contributed by atoms with Gasteiger partial charge in [0, 0.05) is 22.5 Å². The zero-order valence-corrected chi connectivity index (χ0v) is 14.1. The fourth-order valence-corrected chi connectivity index (χ4v) is 2.20. The first kappa shape index (κ1) is 16.0. The van der Waals surface area contributed by atoms with Gasteiger partial charge in [-0.2, -0.15) is 4.98 Å². The molecule has 0 saturated carbocycles. The topological polar surface area (TPSA) is 60.2 Å². The van der Waals surface area contributed by atoms with Gasteiger partial charge in [-0.15, -0.1) is 0 Å². The van der Waals surface area contributed by atoms with E-state index in [9.17, 15) is 0 Å². The Morgan fingerprint density at radius 1 is 1.38 bits per heavy atom. The summed E-state index contributed by atoms with van der Waals surface area (Å²) in [6, 6.07) is 5.95. The molecule has 0 unspecified atom stereocenters. The summed E-state index contributed by atoms with van der Waals surface area (Å²) < 4.78 is 12.0. The maximum Gasteiger partial charge on any atom is 0.229 e. The minimum atomic E-state index is 0.225. The lowest BCUT2D eigenvalue weighted by atomic mass is 10.2. The van der Waals surface area contributed by atoms with Crippen molar-refractivity contribution in [3.8, 4) is 5.75 Å². The number of hydrogen-bond acceptors (Lipinski definition) is 5. The molecule has 2 aromatic rings. The Balaban J connectivity index is 2.04. The number of ether oxygens (including phenoxy) is 1. The van der Waals surface area contributed by atoms with Crippen molar-refractivity contribution in [3.05, 3.63) is 40.0 Å². The van der Waals surface area contributed by atoms with Crippen LogP contribution in [-0.4, -0.2) is 16.7 Å². The predicted molar refractivity (Wildman–Crippen MR) is 84.2 cm³/mol. The molecular formula is C15H20BrN3O2. The SMILES string of the molecule is CCNCc1cc(Br)ccc1OCc1noc(C(C)C)n1. The Bertz CT molecular complexity index is 584. The van der Waals surface area contributed by atoms with E-state index in [2.05, 4.69) is 38.3 Å². The molecule has 0 bridgehead atoms. The lowest BCUT2D eigenvalue weighted by molar-refractivity contribution is 0.281. The Hall–Kier alpha value is -1.40. The van der Waals surface area contributed by atoms with Gasteiger partial charge in [0.15, 0.2) is 6.61 Å². The lowest BCUT2D eigenvalue weighted by Gasteiger charge is -2.11. The highest BCUT2D eigenvalue weighted by atomic mass is 79.9. The van der Waals surface area contributed by atoms with Crippen molar-refractivity contribution in [1.82, 2.24) is 15.5 Å². The predicted octanol–water partition coefficient (Wildman–Crippen LogP) is 3.64. The van der Waals surface area contributed by atoms with Crippen LogP contribution >= 0.6 is 15.9 Å². The Kier molecular flexibility index (Phi) is 5.76. The molecule has 0 spiro atoms. The van der Waals surface area contributed by atoms with E-state index in [4.69, 9.17) is 9.26 Å². The van der Waals surface area contributed by atoms with Crippen LogP contribution in [0.2, 0.25) is 0 Å². The summed E-state index contributed by atoms with van der Waals surface area (Å²) in [6.07, 6.45) is 0. The molecule has 0 amide bonds. The third-order valence-electron chi connectivity index (χ3n) is 2.92. The molecule has 21 heavy (non-hydrogen) atoms. The van der Waals surface area contributed by atoms with E-state index in [0.717, 1.165) is 28.9 Å². The van der Waals surface area contributed by atoms with E-state index in [1.165, 1.54) is 0 Å². The average Bonchev–Trinajstić information content (AvgIpc) is 2.93. The molecule has 1 N–H and O–H groups in total. The van der Waals surface area contributed by atoms with Crippen LogP contribution < -0.4 is 10.1 Å². The summed E-state index contributed by atoms with van der Waals surface area (Å²) in [7, 11) is 0. The van der Waals surface area contributed by atoms with E-state index in [1.807, 2.05) is 32.0 Å². The molecule has 6 heteroatoms. The first-order chi connectivity index (χ1) is 10.1. The van der Waals surface area contributed by atoms with Crippen LogP contribution in [0.3, 0.4) is 0 Å². The summed E-state index contributed by atoms with van der Waals surface area (Å²) in [5.41, 5.74) is 1.10. The van der Waals surface area contributed by atoms with Crippen LogP contribution in [0.25, 0.3) is 0 Å². The first-order valence-electron chi connectivity index (χ1n) is 7.04. The third-order valence-corrected chi connectivity index (χ3v) is 3.42. The average molecular weight is 354 g/mol. The van der Waals surface area contributed by atoms with Crippen LogP contribution in [0.1, 0.15) is 44.0 Å². The minimum absolute atomic E-state index is 0.225. The van der Waals surface area contributed by atoms with Gasteiger partial charge in [0.2, 0.25) is 11.7 Å². The maximum atomic E-state index is 5.82. The molecule has 0 saturated heterocycles. The van der Waals surface area contributed by atoms with Gasteiger partial charge < -0.3 is 14.6 Å². The molecule has 0 radical (unpaired) electrons. The van der Waals surface area contributed by atoms with Gasteiger partial charge in [0.05, 0.1) is 0 Å². The molecule has 1 heterocycles. The minimum Gasteiger partial charge on any atom is -0.485 e. The summed E-state index contributed by atoms with van der Waals surface area (Å²) in [5, 5.41) is 7.22. The Morgan fingerprint density at radius 3 is 2.86 bits per heavy atom. The number of rotatable bonds is 7. The van der Waals surface area contributed by atoms with Crippen LogP contribution in [0.5, 0.6) is 5.75 Å². The highest BCUT2D eigenvalue weighted by Crippen LogP contribution is 2.24. The largest absolute Gasteiger partial charge is 0.485 e. The highest BCUT2D eigenvalue weighted by molar-refractivity contribution is 9.10. The zero-order valence-electron chi connectivity index (χ0n) is 12.5. The second-order valence-corrected chi connectivity index (χ2v) is 5.94. The fourth-order valence-electron chi connectivity index (χ4n) is 1.79. The van der Waals surface area contributed by atoms with E-state index < -0.39 is 0 Å². The molecule has 0 aliphatic carbocycles. The number of halogens is 1. The fraction of sp³-hybridized carbons (Fsp3) is 0.467. The number of nitrogens with zero attached hydrogens (tertiary/aromatic N) is 2. The van der Waals surface area contributed by atoms with Crippen molar-refractivity contribution >= 4 is 15.9 Å². The third kappa shape index (κ3) is 4.54. The molecule has 1 aromatic carbocycles. The first-order valence-corrected chi connectivity index (χ1v) is 7.84. The van der Waals surface area contributed by atoms with E-state index >= 15 is 0 Å². The molecule has 0 aliphatic rings. The molecule has 0 aliphatic heterocycles. The molecule has 0 atom stereocenters. The van der Waals surface area contributed by atoms with Crippen molar-refractivity contribution in [3.63, 3.8) is 0 Å². The van der Waals surface area contributed by atoms with Crippen molar-refractivity contribution in [1.29, 1.82) is 0 Å². The van der Waals surface area contributed by atoms with E-state index in [1.54, 1.807) is 0 Å². The van der Waals surface area contributed by atoms with Crippen molar-refractivity contribution in [2.45, 2.75) is 39.8 Å². The van der Waals surface area contributed by atoms with Gasteiger partial charge in [-0.3, -0.25) is 0 Å². The molecule has 0 fully saturated rings. The summed E-state index contributed by atoms with van der Waals surface area (Å²) in [6.45, 7) is 8.08. The number of aromatic nitrogens is 2. The monoisotopic (exact) mass is 353 g/mol. The van der Waals surface area contributed by atoms with Gasteiger partial charge in [-0.05, 0) is 24.7 Å². The lowest BCUT2D eigenvalue weighted by Crippen LogP contribution is -2.13. The van der Waals surface area contributed by atoms with Crippen LogP contribution in [0.4, 0.5) is 0 Å². The van der Waals surface area contributed by atoms with Crippen LogP contribution in [0, 0.1) is 0 Å². The Morgan fingerprint density at radius 2 is 2.19 bits per heavy atom. The molecular weight excluding hydrogens is 334 g/mol. The quantitative estimate of drug-likeness (QED) is 0.823. The van der Waals surface area contributed by atoms with Crippen molar-refractivity contribution < 1.29 is 9.26 Å². The summed E-state index contributed by atoms with van der Waals surface area (Å²) in [5.74, 6) is 2.26. The Labute approximate surface area is 133 Å². The summed E-state index contributed by atoms with van der Waals surface area (Å²) in [4.78, 5) is 4.31. The van der Waals surface area contributed by atoms with Crippen LogP contribution in [0.15, 0.2) is 27.2 Å². The normalized spacial score (nSPS) is 11.1. The smallest absolute Gasteiger partial charge is 0.229 e.